The van der Waals surface area contributed by atoms with Gasteiger partial charge in [0.1, 0.15) is 23.5 Å². The average molecular weight is 409 g/mol. The number of nitrogens with zero attached hydrogens (tertiary/aromatic N) is 2. The van der Waals surface area contributed by atoms with Gasteiger partial charge in [-0.25, -0.2) is 0 Å². The molecular formula is C23H27N3O4. The van der Waals surface area contributed by atoms with Gasteiger partial charge in [-0.05, 0) is 49.0 Å². The van der Waals surface area contributed by atoms with Crippen LogP contribution in [0.3, 0.4) is 0 Å². The molecule has 1 N–H and O–H groups in total. The van der Waals surface area contributed by atoms with E-state index in [9.17, 15) is 9.59 Å². The Hall–Kier alpha value is -3.32. The topological polar surface area (TPSA) is 74.9 Å². The summed E-state index contributed by atoms with van der Waals surface area (Å²) in [6.07, 6.45) is 0.756. The number of aldehydes is 1. The molecule has 3 aromatic rings. The second kappa shape index (κ2) is 9.93. The molecule has 1 heterocycles. The average Bonchev–Trinajstić information content (AvgIpc) is 3.19. The summed E-state index contributed by atoms with van der Waals surface area (Å²) in [5.74, 6) is 1.34. The summed E-state index contributed by atoms with van der Waals surface area (Å²) in [7, 11) is 5.23. The monoisotopic (exact) mass is 409 g/mol. The van der Waals surface area contributed by atoms with Gasteiger partial charge in [-0.1, -0.05) is 12.1 Å². The third-order valence-electron chi connectivity index (χ3n) is 4.98. The minimum Gasteiger partial charge on any atom is -0.497 e. The van der Waals surface area contributed by atoms with Gasteiger partial charge in [-0.3, -0.25) is 4.79 Å². The number of likely N-dealkylation sites (N-methyl/N-ethyl adjacent to an activating group) is 1. The summed E-state index contributed by atoms with van der Waals surface area (Å²) in [6, 6.07) is 15.3. The van der Waals surface area contributed by atoms with Gasteiger partial charge in [0.15, 0.2) is 0 Å². The predicted molar refractivity (Wildman–Crippen MR) is 116 cm³/mol. The van der Waals surface area contributed by atoms with Crippen LogP contribution < -0.4 is 9.47 Å². The largest absolute Gasteiger partial charge is 0.497 e. The summed E-state index contributed by atoms with van der Waals surface area (Å²) in [4.78, 5) is 30.9. The minimum absolute atomic E-state index is 0.0462. The van der Waals surface area contributed by atoms with E-state index in [1.165, 1.54) is 0 Å². The molecule has 0 fully saturated rings. The number of carbonyl (C=O) groups excluding carboxylic acids is 2. The molecule has 7 nitrogen and oxygen atoms in total. The lowest BCUT2D eigenvalue weighted by Gasteiger charge is -2.24. The number of carbonyl (C=O) groups is 2. The third-order valence-corrected chi connectivity index (χ3v) is 4.98. The lowest BCUT2D eigenvalue weighted by atomic mass is 10.2. The first-order chi connectivity index (χ1) is 14.5. The first kappa shape index (κ1) is 21.4. The zero-order chi connectivity index (χ0) is 21.5. The van der Waals surface area contributed by atoms with Crippen molar-refractivity contribution in [2.24, 2.45) is 0 Å². The van der Waals surface area contributed by atoms with Gasteiger partial charge in [-0.2, -0.15) is 0 Å². The van der Waals surface area contributed by atoms with Crippen LogP contribution in [0.5, 0.6) is 11.5 Å². The van der Waals surface area contributed by atoms with Crippen molar-refractivity contribution >= 4 is 23.1 Å². The Morgan fingerprint density at radius 1 is 1.03 bits per heavy atom. The quantitative estimate of drug-likeness (QED) is 0.521. The van der Waals surface area contributed by atoms with E-state index in [0.29, 0.717) is 25.3 Å². The van der Waals surface area contributed by atoms with E-state index in [4.69, 9.17) is 9.47 Å². The maximum atomic E-state index is 13.0. The van der Waals surface area contributed by atoms with Crippen molar-refractivity contribution in [3.63, 3.8) is 0 Å². The number of methoxy groups -OCH3 is 2. The molecule has 0 bridgehead atoms. The molecule has 0 unspecified atom stereocenters. The fourth-order valence-electron chi connectivity index (χ4n) is 3.34. The van der Waals surface area contributed by atoms with Crippen molar-refractivity contribution in [2.45, 2.75) is 6.54 Å². The van der Waals surface area contributed by atoms with Crippen molar-refractivity contribution in [1.82, 2.24) is 14.8 Å². The van der Waals surface area contributed by atoms with Crippen molar-refractivity contribution < 1.29 is 19.1 Å². The Kier molecular flexibility index (Phi) is 7.08. The zero-order valence-electron chi connectivity index (χ0n) is 17.6. The van der Waals surface area contributed by atoms with E-state index in [2.05, 4.69) is 9.88 Å². The highest BCUT2D eigenvalue weighted by molar-refractivity contribution is 5.98. The Bertz CT molecular complexity index is 1010. The number of aromatic nitrogens is 1. The molecule has 0 radical (unpaired) electrons. The lowest BCUT2D eigenvalue weighted by Crippen LogP contribution is -2.38. The molecule has 0 atom stereocenters. The van der Waals surface area contributed by atoms with Gasteiger partial charge in [0.2, 0.25) is 0 Å². The Morgan fingerprint density at radius 2 is 1.80 bits per heavy atom. The number of ether oxygens (including phenoxy) is 2. The first-order valence-corrected chi connectivity index (χ1v) is 9.75. The van der Waals surface area contributed by atoms with Crippen LogP contribution in [-0.4, -0.2) is 67.9 Å². The fourth-order valence-corrected chi connectivity index (χ4v) is 3.34. The number of benzene rings is 2. The standard InChI is InChI=1S/C23H27N3O4/c1-25(16-17-5-4-6-19(13-17)29-2)9-10-26(11-12-27)23(28)22-15-18-14-20(30-3)7-8-21(18)24-22/h4-8,12-15,24H,9-11,16H2,1-3H3. The lowest BCUT2D eigenvalue weighted by molar-refractivity contribution is -0.108. The molecule has 30 heavy (non-hydrogen) atoms. The number of rotatable bonds is 10. The summed E-state index contributed by atoms with van der Waals surface area (Å²) < 4.78 is 10.5. The van der Waals surface area contributed by atoms with E-state index >= 15 is 0 Å². The summed E-state index contributed by atoms with van der Waals surface area (Å²) >= 11 is 0. The highest BCUT2D eigenvalue weighted by Gasteiger charge is 2.18. The number of aromatic amines is 1. The maximum absolute atomic E-state index is 13.0. The Morgan fingerprint density at radius 3 is 2.53 bits per heavy atom. The third kappa shape index (κ3) is 5.18. The van der Waals surface area contributed by atoms with Crippen molar-refractivity contribution in [2.75, 3.05) is 40.9 Å². The number of hydrogen-bond donors (Lipinski definition) is 1. The molecule has 0 aliphatic carbocycles. The van der Waals surface area contributed by atoms with Crippen LogP contribution in [-0.2, 0) is 11.3 Å². The minimum atomic E-state index is -0.202. The molecule has 158 valence electrons. The smallest absolute Gasteiger partial charge is 0.270 e. The fraction of sp³-hybridized carbons (Fsp3) is 0.304. The second-order valence-electron chi connectivity index (χ2n) is 7.14. The number of fused-ring (bicyclic) bond motifs is 1. The van der Waals surface area contributed by atoms with Gasteiger partial charge in [0, 0.05) is 30.5 Å². The molecule has 0 aliphatic heterocycles. The summed E-state index contributed by atoms with van der Waals surface area (Å²) in [5.41, 5.74) is 2.42. The molecule has 2 aromatic carbocycles. The van der Waals surface area contributed by atoms with Crippen molar-refractivity contribution in [3.05, 3.63) is 59.8 Å². The predicted octanol–water partition coefficient (Wildman–Crippen LogP) is 2.96. The van der Waals surface area contributed by atoms with Crippen LogP contribution >= 0.6 is 0 Å². The number of amides is 1. The number of hydrogen-bond acceptors (Lipinski definition) is 5. The summed E-state index contributed by atoms with van der Waals surface area (Å²) in [5, 5.41) is 0.888. The number of H-pyrrole nitrogens is 1. The molecule has 0 spiro atoms. The van der Waals surface area contributed by atoms with Gasteiger partial charge in [0.25, 0.3) is 5.91 Å². The van der Waals surface area contributed by atoms with E-state index in [-0.39, 0.29) is 12.5 Å². The van der Waals surface area contributed by atoms with Crippen LogP contribution in [0.15, 0.2) is 48.5 Å². The first-order valence-electron chi connectivity index (χ1n) is 9.75. The molecular weight excluding hydrogens is 382 g/mol. The van der Waals surface area contributed by atoms with Crippen LogP contribution in [0.25, 0.3) is 10.9 Å². The zero-order valence-corrected chi connectivity index (χ0v) is 17.6. The van der Waals surface area contributed by atoms with Gasteiger partial charge in [-0.15, -0.1) is 0 Å². The van der Waals surface area contributed by atoms with E-state index in [0.717, 1.165) is 34.3 Å². The summed E-state index contributed by atoms with van der Waals surface area (Å²) in [6.45, 7) is 1.83. The second-order valence-corrected chi connectivity index (χ2v) is 7.14. The highest BCUT2D eigenvalue weighted by Crippen LogP contribution is 2.22. The molecule has 0 aliphatic rings. The molecule has 0 saturated carbocycles. The van der Waals surface area contributed by atoms with Crippen molar-refractivity contribution in [3.8, 4) is 11.5 Å². The molecule has 0 saturated heterocycles. The molecule has 7 heteroatoms. The van der Waals surface area contributed by atoms with Crippen LogP contribution in [0, 0.1) is 0 Å². The van der Waals surface area contributed by atoms with E-state index < -0.39 is 0 Å². The van der Waals surface area contributed by atoms with Crippen LogP contribution in [0.2, 0.25) is 0 Å². The SMILES string of the molecule is COc1cccc(CN(C)CCN(CC=O)C(=O)c2cc3cc(OC)ccc3[nH]2)c1. The van der Waals surface area contributed by atoms with Crippen LogP contribution in [0.1, 0.15) is 16.1 Å². The van der Waals surface area contributed by atoms with Gasteiger partial charge in [0.05, 0.1) is 20.8 Å². The Labute approximate surface area is 176 Å². The molecule has 3 rings (SSSR count). The van der Waals surface area contributed by atoms with Gasteiger partial charge >= 0.3 is 0 Å². The normalized spacial score (nSPS) is 10.9. The van der Waals surface area contributed by atoms with E-state index in [1.54, 1.807) is 25.2 Å². The van der Waals surface area contributed by atoms with Crippen LogP contribution in [0.4, 0.5) is 0 Å². The maximum Gasteiger partial charge on any atom is 0.270 e. The number of nitrogens with one attached hydrogen (secondary N) is 1. The van der Waals surface area contributed by atoms with Gasteiger partial charge < -0.3 is 29.1 Å². The molecule has 1 amide bonds. The Balaban J connectivity index is 1.65. The molecule has 1 aromatic heterocycles. The highest BCUT2D eigenvalue weighted by atomic mass is 16.5. The van der Waals surface area contributed by atoms with E-state index in [1.807, 2.05) is 49.5 Å². The van der Waals surface area contributed by atoms with Crippen molar-refractivity contribution in [1.29, 1.82) is 0 Å².